The van der Waals surface area contributed by atoms with Gasteiger partial charge in [0, 0.05) is 30.8 Å². The molecule has 0 spiro atoms. The van der Waals surface area contributed by atoms with Crippen molar-refractivity contribution in [2.75, 3.05) is 13.2 Å². The molecular weight excluding hydrogens is 347 g/mol. The molecule has 1 aromatic heterocycles. The Hall–Kier alpha value is -2.35. The summed E-state index contributed by atoms with van der Waals surface area (Å²) in [6, 6.07) is 4.79. The molecule has 0 radical (unpaired) electrons. The summed E-state index contributed by atoms with van der Waals surface area (Å²) in [6.07, 6.45) is -3.87. The Morgan fingerprint density at radius 2 is 2.12 bits per heavy atom. The number of carbonyl (C=O) groups excluding carboxylic acids is 1. The molecule has 26 heavy (non-hydrogen) atoms. The zero-order chi connectivity index (χ0) is 18.9. The Morgan fingerprint density at radius 3 is 2.81 bits per heavy atom. The maximum Gasteiger partial charge on any atom is 0.416 e. The molecule has 0 aliphatic carbocycles. The number of esters is 1. The van der Waals surface area contributed by atoms with E-state index in [4.69, 9.17) is 4.74 Å². The highest BCUT2D eigenvalue weighted by Crippen LogP contribution is 2.36. The Labute approximate surface area is 149 Å². The molecular formula is C18H20F3N3O2. The Morgan fingerprint density at radius 1 is 1.38 bits per heavy atom. The highest BCUT2D eigenvalue weighted by molar-refractivity contribution is 5.89. The summed E-state index contributed by atoms with van der Waals surface area (Å²) < 4.78 is 46.7. The molecule has 0 saturated carbocycles. The fraction of sp³-hybridized carbons (Fsp3) is 0.444. The van der Waals surface area contributed by atoms with Gasteiger partial charge in [-0.1, -0.05) is 18.2 Å². The summed E-state index contributed by atoms with van der Waals surface area (Å²) in [6.45, 7) is 4.68. The second-order valence-electron chi connectivity index (χ2n) is 6.13. The minimum Gasteiger partial charge on any atom is -0.461 e. The largest absolute Gasteiger partial charge is 0.461 e. The topological polar surface area (TPSA) is 56.1 Å². The highest BCUT2D eigenvalue weighted by Gasteiger charge is 2.36. The number of rotatable bonds is 4. The van der Waals surface area contributed by atoms with Crippen LogP contribution in [0.3, 0.4) is 0 Å². The van der Waals surface area contributed by atoms with Crippen LogP contribution in [0.4, 0.5) is 13.2 Å². The van der Waals surface area contributed by atoms with Crippen LogP contribution in [0.25, 0.3) is 0 Å². The van der Waals surface area contributed by atoms with E-state index >= 15 is 0 Å². The summed E-state index contributed by atoms with van der Waals surface area (Å²) in [4.78, 5) is 12.2. The first-order valence-corrected chi connectivity index (χ1v) is 8.48. The number of nitrogens with zero attached hydrogens (tertiary/aromatic N) is 2. The van der Waals surface area contributed by atoms with Crippen LogP contribution < -0.4 is 5.32 Å². The first-order chi connectivity index (χ1) is 12.3. The van der Waals surface area contributed by atoms with Crippen LogP contribution >= 0.6 is 0 Å². The van der Waals surface area contributed by atoms with Crippen LogP contribution in [0.2, 0.25) is 0 Å². The normalized spacial score (nSPS) is 15.4. The third-order valence-corrected chi connectivity index (χ3v) is 4.51. The van der Waals surface area contributed by atoms with E-state index in [1.54, 1.807) is 19.9 Å². The van der Waals surface area contributed by atoms with Crippen molar-refractivity contribution in [2.45, 2.75) is 39.0 Å². The summed E-state index contributed by atoms with van der Waals surface area (Å²) in [5.74, 6) is -0.553. The van der Waals surface area contributed by atoms with E-state index < -0.39 is 23.8 Å². The highest BCUT2D eigenvalue weighted by atomic mass is 19.4. The number of ether oxygens (including phenoxy) is 1. The van der Waals surface area contributed by atoms with Crippen LogP contribution in [-0.2, 0) is 23.9 Å². The number of halogens is 3. The minimum atomic E-state index is -4.45. The van der Waals surface area contributed by atoms with Gasteiger partial charge in [0.25, 0.3) is 0 Å². The Bertz CT molecular complexity index is 814. The minimum absolute atomic E-state index is 0.124. The van der Waals surface area contributed by atoms with Crippen LogP contribution in [0.15, 0.2) is 24.3 Å². The third-order valence-electron chi connectivity index (χ3n) is 4.51. The second kappa shape index (κ2) is 7.11. The van der Waals surface area contributed by atoms with E-state index in [1.165, 1.54) is 16.8 Å². The molecule has 5 nitrogen and oxygen atoms in total. The van der Waals surface area contributed by atoms with Gasteiger partial charge in [-0.2, -0.15) is 18.3 Å². The van der Waals surface area contributed by atoms with E-state index in [0.717, 1.165) is 11.8 Å². The van der Waals surface area contributed by atoms with Crippen LogP contribution in [0, 0.1) is 0 Å². The molecule has 0 bridgehead atoms. The number of benzene rings is 1. The van der Waals surface area contributed by atoms with E-state index in [1.807, 2.05) is 0 Å². The second-order valence-corrected chi connectivity index (χ2v) is 6.13. The van der Waals surface area contributed by atoms with Crippen molar-refractivity contribution >= 4 is 5.97 Å². The standard InChI is InChI=1S/C18H20F3N3O2/c1-3-26-17(25)16-13-10-22-9-8-15(13)24(23-16)11(2)12-6-4-5-7-14(12)18(19,20)21/h4-7,11,22H,3,8-10H2,1-2H3. The van der Waals surface area contributed by atoms with Crippen LogP contribution in [-0.4, -0.2) is 28.9 Å². The lowest BCUT2D eigenvalue weighted by Gasteiger charge is -2.22. The molecule has 140 valence electrons. The monoisotopic (exact) mass is 367 g/mol. The van der Waals surface area contributed by atoms with Gasteiger partial charge in [0.05, 0.1) is 18.2 Å². The van der Waals surface area contributed by atoms with Crippen molar-refractivity contribution < 1.29 is 22.7 Å². The molecule has 1 aliphatic heterocycles. The van der Waals surface area contributed by atoms with Crippen molar-refractivity contribution in [1.82, 2.24) is 15.1 Å². The number of alkyl halides is 3. The molecule has 1 unspecified atom stereocenters. The predicted octanol–water partition coefficient (Wildman–Crippen LogP) is 3.33. The number of aromatic nitrogens is 2. The zero-order valence-electron chi connectivity index (χ0n) is 14.6. The smallest absolute Gasteiger partial charge is 0.416 e. The maximum absolute atomic E-state index is 13.4. The summed E-state index contributed by atoms with van der Waals surface area (Å²) in [7, 11) is 0. The van der Waals surface area contributed by atoms with Crippen LogP contribution in [0.1, 0.15) is 52.8 Å². The lowest BCUT2D eigenvalue weighted by atomic mass is 10.00. The molecule has 8 heteroatoms. The molecule has 1 aliphatic rings. The Kier molecular flexibility index (Phi) is 5.04. The molecule has 1 N–H and O–H groups in total. The van der Waals surface area contributed by atoms with Gasteiger partial charge in [-0.25, -0.2) is 4.79 Å². The van der Waals surface area contributed by atoms with Crippen molar-refractivity contribution in [2.24, 2.45) is 0 Å². The van der Waals surface area contributed by atoms with Crippen molar-refractivity contribution in [1.29, 1.82) is 0 Å². The van der Waals surface area contributed by atoms with E-state index in [2.05, 4.69) is 10.4 Å². The number of carbonyl (C=O) groups is 1. The molecule has 0 fully saturated rings. The fourth-order valence-corrected chi connectivity index (χ4v) is 3.31. The molecule has 1 aromatic carbocycles. The maximum atomic E-state index is 13.4. The van der Waals surface area contributed by atoms with Gasteiger partial charge in [0.15, 0.2) is 5.69 Å². The molecule has 3 rings (SSSR count). The fourth-order valence-electron chi connectivity index (χ4n) is 3.31. The van der Waals surface area contributed by atoms with E-state index in [-0.39, 0.29) is 17.9 Å². The predicted molar refractivity (Wildman–Crippen MR) is 88.9 cm³/mol. The summed E-state index contributed by atoms with van der Waals surface area (Å²) in [5, 5.41) is 7.51. The van der Waals surface area contributed by atoms with Crippen LogP contribution in [0.5, 0.6) is 0 Å². The zero-order valence-corrected chi connectivity index (χ0v) is 14.6. The number of hydrogen-bond acceptors (Lipinski definition) is 4. The van der Waals surface area contributed by atoms with Gasteiger partial charge >= 0.3 is 12.1 Å². The van der Waals surface area contributed by atoms with Crippen molar-refractivity contribution in [3.63, 3.8) is 0 Å². The summed E-state index contributed by atoms with van der Waals surface area (Å²) in [5.41, 5.74) is 1.08. The first kappa shape index (κ1) is 18.4. The van der Waals surface area contributed by atoms with Gasteiger partial charge < -0.3 is 10.1 Å². The molecule has 0 amide bonds. The quantitative estimate of drug-likeness (QED) is 0.843. The van der Waals surface area contributed by atoms with Crippen molar-refractivity contribution in [3.8, 4) is 0 Å². The van der Waals surface area contributed by atoms with Gasteiger partial charge in [-0.3, -0.25) is 4.68 Å². The van der Waals surface area contributed by atoms with Gasteiger partial charge in [-0.05, 0) is 25.5 Å². The number of hydrogen-bond donors (Lipinski definition) is 1. The molecule has 1 atom stereocenters. The lowest BCUT2D eigenvalue weighted by molar-refractivity contribution is -0.138. The van der Waals surface area contributed by atoms with Gasteiger partial charge in [0.2, 0.25) is 0 Å². The number of nitrogens with one attached hydrogen (secondary N) is 1. The van der Waals surface area contributed by atoms with E-state index in [0.29, 0.717) is 25.1 Å². The molecule has 2 heterocycles. The van der Waals surface area contributed by atoms with Crippen molar-refractivity contribution in [3.05, 3.63) is 52.3 Å². The first-order valence-electron chi connectivity index (χ1n) is 8.48. The average molecular weight is 367 g/mol. The average Bonchev–Trinajstić information content (AvgIpc) is 3.00. The SMILES string of the molecule is CCOC(=O)c1nn(C(C)c2ccccc2C(F)(F)F)c2c1CNCC2. The summed E-state index contributed by atoms with van der Waals surface area (Å²) >= 11 is 0. The third kappa shape index (κ3) is 3.33. The number of fused-ring (bicyclic) bond motifs is 1. The molecule has 2 aromatic rings. The van der Waals surface area contributed by atoms with Gasteiger partial charge in [-0.15, -0.1) is 0 Å². The van der Waals surface area contributed by atoms with Gasteiger partial charge in [0.1, 0.15) is 0 Å². The lowest BCUT2D eigenvalue weighted by Crippen LogP contribution is -2.26. The van der Waals surface area contributed by atoms with E-state index in [9.17, 15) is 18.0 Å². The Balaban J connectivity index is 2.09. The molecule has 0 saturated heterocycles.